The molecule has 1 aliphatic carbocycles. The van der Waals surface area contributed by atoms with Crippen molar-refractivity contribution in [1.29, 1.82) is 0 Å². The van der Waals surface area contributed by atoms with Gasteiger partial charge >= 0.3 is 0 Å². The third-order valence-electron chi connectivity index (χ3n) is 4.33. The Balaban J connectivity index is 1.59. The second-order valence-corrected chi connectivity index (χ2v) is 6.48. The van der Waals surface area contributed by atoms with Crippen LogP contribution >= 0.6 is 0 Å². The lowest BCUT2D eigenvalue weighted by Crippen LogP contribution is -2.58. The maximum absolute atomic E-state index is 12.6. The van der Waals surface area contributed by atoms with Crippen LogP contribution in [0.15, 0.2) is 16.8 Å². The summed E-state index contributed by atoms with van der Waals surface area (Å²) < 4.78 is 5.07. The van der Waals surface area contributed by atoms with Gasteiger partial charge in [-0.2, -0.15) is 0 Å². The summed E-state index contributed by atoms with van der Waals surface area (Å²) in [5.74, 6) is 1.28. The highest BCUT2D eigenvalue weighted by Crippen LogP contribution is 2.32. The minimum Gasteiger partial charge on any atom is -0.379 e. The molecule has 6 nitrogen and oxygen atoms in total. The van der Waals surface area contributed by atoms with Gasteiger partial charge in [0.15, 0.2) is 11.4 Å². The van der Waals surface area contributed by atoms with Gasteiger partial charge in [0.2, 0.25) is 0 Å². The van der Waals surface area contributed by atoms with Crippen molar-refractivity contribution in [1.82, 2.24) is 15.0 Å². The largest absolute Gasteiger partial charge is 0.379 e. The van der Waals surface area contributed by atoms with Crippen LogP contribution in [0.4, 0.5) is 0 Å². The van der Waals surface area contributed by atoms with E-state index >= 15 is 0 Å². The summed E-state index contributed by atoms with van der Waals surface area (Å²) in [5, 5.41) is 14.4. The molecule has 0 radical (unpaired) electrons. The van der Waals surface area contributed by atoms with E-state index in [-0.39, 0.29) is 5.91 Å². The van der Waals surface area contributed by atoms with Gasteiger partial charge in [-0.15, -0.1) is 0 Å². The standard InChI is InChI=1S/C15H23N3O3/c1-17(10-13-5-7-16-21-13)11-15(20)6-2-8-18(14(15)19)9-12-3-4-12/h5,7,12,20H,2-4,6,8-11H2,1H3/t15-/m0/s1. The van der Waals surface area contributed by atoms with Crippen molar-refractivity contribution in [3.05, 3.63) is 18.0 Å². The lowest BCUT2D eigenvalue weighted by atomic mass is 9.91. The van der Waals surface area contributed by atoms with E-state index in [0.717, 1.165) is 25.3 Å². The fourth-order valence-electron chi connectivity index (χ4n) is 3.09. The SMILES string of the molecule is CN(Cc1ccno1)C[C@@]1(O)CCCN(CC2CC2)C1=O. The third-order valence-corrected chi connectivity index (χ3v) is 4.33. The Morgan fingerprint density at radius 3 is 3.05 bits per heavy atom. The van der Waals surface area contributed by atoms with Crippen molar-refractivity contribution in [3.8, 4) is 0 Å². The number of amides is 1. The van der Waals surface area contributed by atoms with Gasteiger partial charge in [0, 0.05) is 25.7 Å². The van der Waals surface area contributed by atoms with Gasteiger partial charge in [-0.25, -0.2) is 0 Å². The van der Waals surface area contributed by atoms with Crippen LogP contribution in [0.3, 0.4) is 0 Å². The molecule has 2 aliphatic rings. The molecule has 6 heteroatoms. The summed E-state index contributed by atoms with van der Waals surface area (Å²) in [6, 6.07) is 1.79. The molecule has 2 heterocycles. The minimum absolute atomic E-state index is 0.106. The molecule has 21 heavy (non-hydrogen) atoms. The number of rotatable bonds is 6. The Bertz CT molecular complexity index is 486. The van der Waals surface area contributed by atoms with Crippen molar-refractivity contribution >= 4 is 5.91 Å². The normalized spacial score (nSPS) is 26.6. The summed E-state index contributed by atoms with van der Waals surface area (Å²) in [6.45, 7) is 2.46. The van der Waals surface area contributed by atoms with Gasteiger partial charge in [-0.1, -0.05) is 5.16 Å². The highest BCUT2D eigenvalue weighted by molar-refractivity contribution is 5.86. The van der Waals surface area contributed by atoms with Crippen molar-refractivity contribution in [3.63, 3.8) is 0 Å². The molecule has 0 unspecified atom stereocenters. The zero-order valence-electron chi connectivity index (χ0n) is 12.5. The van der Waals surface area contributed by atoms with Crippen molar-refractivity contribution in [2.75, 3.05) is 26.7 Å². The Hall–Kier alpha value is -1.40. The second-order valence-electron chi connectivity index (χ2n) is 6.48. The van der Waals surface area contributed by atoms with E-state index < -0.39 is 5.60 Å². The summed E-state index contributed by atoms with van der Waals surface area (Å²) in [6.07, 6.45) is 5.43. The molecular formula is C15H23N3O3. The molecule has 1 aromatic heterocycles. The minimum atomic E-state index is -1.26. The van der Waals surface area contributed by atoms with Crippen LogP contribution in [0.5, 0.6) is 0 Å². The van der Waals surface area contributed by atoms with Gasteiger partial charge in [-0.3, -0.25) is 9.69 Å². The van der Waals surface area contributed by atoms with Gasteiger partial charge in [0.1, 0.15) is 0 Å². The molecular weight excluding hydrogens is 270 g/mol. The van der Waals surface area contributed by atoms with E-state index in [1.54, 1.807) is 12.3 Å². The monoisotopic (exact) mass is 293 g/mol. The quantitative estimate of drug-likeness (QED) is 0.843. The smallest absolute Gasteiger partial charge is 0.255 e. The molecule has 1 saturated heterocycles. The molecule has 1 N–H and O–H groups in total. The van der Waals surface area contributed by atoms with Gasteiger partial charge in [-0.05, 0) is 38.6 Å². The maximum atomic E-state index is 12.6. The molecule has 1 aromatic rings. The number of piperidine rings is 1. The van der Waals surface area contributed by atoms with Crippen LogP contribution in [-0.4, -0.2) is 58.3 Å². The lowest BCUT2D eigenvalue weighted by Gasteiger charge is -2.40. The van der Waals surface area contributed by atoms with E-state index in [2.05, 4.69) is 5.16 Å². The molecule has 116 valence electrons. The first-order valence-electron chi connectivity index (χ1n) is 7.67. The number of hydrogen-bond donors (Lipinski definition) is 1. The lowest BCUT2D eigenvalue weighted by molar-refractivity contribution is -0.159. The van der Waals surface area contributed by atoms with Gasteiger partial charge in [0.25, 0.3) is 5.91 Å². The topological polar surface area (TPSA) is 69.8 Å². The summed E-state index contributed by atoms with van der Waals surface area (Å²) in [5.41, 5.74) is -1.26. The Kier molecular flexibility index (Phi) is 3.99. The molecule has 0 bridgehead atoms. The Morgan fingerprint density at radius 2 is 2.38 bits per heavy atom. The average Bonchev–Trinajstić information content (AvgIpc) is 3.10. The van der Waals surface area contributed by atoms with E-state index in [4.69, 9.17) is 4.52 Å². The van der Waals surface area contributed by atoms with Crippen molar-refractivity contribution < 1.29 is 14.4 Å². The number of likely N-dealkylation sites (N-methyl/N-ethyl adjacent to an activating group) is 1. The third kappa shape index (κ3) is 3.44. The zero-order chi connectivity index (χ0) is 14.9. The maximum Gasteiger partial charge on any atom is 0.255 e. The predicted molar refractivity (Wildman–Crippen MR) is 76.3 cm³/mol. The number of aliphatic hydroxyl groups is 1. The van der Waals surface area contributed by atoms with Crippen LogP contribution < -0.4 is 0 Å². The predicted octanol–water partition coefficient (Wildman–Crippen LogP) is 0.870. The fourth-order valence-corrected chi connectivity index (χ4v) is 3.09. The van der Waals surface area contributed by atoms with Crippen LogP contribution in [0, 0.1) is 5.92 Å². The van der Waals surface area contributed by atoms with E-state index in [1.807, 2.05) is 16.8 Å². The Morgan fingerprint density at radius 1 is 1.57 bits per heavy atom. The number of carbonyl (C=O) groups is 1. The first-order valence-corrected chi connectivity index (χ1v) is 7.67. The highest BCUT2D eigenvalue weighted by Gasteiger charge is 2.44. The number of hydrogen-bond acceptors (Lipinski definition) is 5. The van der Waals surface area contributed by atoms with Crippen LogP contribution in [0.2, 0.25) is 0 Å². The molecule has 1 aliphatic heterocycles. The first-order chi connectivity index (χ1) is 10.1. The van der Waals surface area contributed by atoms with Crippen molar-refractivity contribution in [2.24, 2.45) is 5.92 Å². The van der Waals surface area contributed by atoms with Crippen LogP contribution in [0.1, 0.15) is 31.4 Å². The van der Waals surface area contributed by atoms with Gasteiger partial charge < -0.3 is 14.5 Å². The summed E-state index contributed by atoms with van der Waals surface area (Å²) >= 11 is 0. The molecule has 0 aromatic carbocycles. The molecule has 2 fully saturated rings. The van der Waals surface area contributed by atoms with E-state index in [1.165, 1.54) is 12.8 Å². The molecule has 1 saturated carbocycles. The molecule has 1 atom stereocenters. The first kappa shape index (κ1) is 14.5. The average molecular weight is 293 g/mol. The van der Waals surface area contributed by atoms with Crippen molar-refractivity contribution in [2.45, 2.75) is 37.8 Å². The number of carbonyl (C=O) groups excluding carboxylic acids is 1. The number of nitrogens with zero attached hydrogens (tertiary/aromatic N) is 3. The number of aromatic nitrogens is 1. The second kappa shape index (κ2) is 5.77. The summed E-state index contributed by atoms with van der Waals surface area (Å²) in [7, 11) is 1.88. The summed E-state index contributed by atoms with van der Waals surface area (Å²) in [4.78, 5) is 16.3. The van der Waals surface area contributed by atoms with E-state index in [9.17, 15) is 9.90 Å². The Labute approximate surface area is 124 Å². The molecule has 0 spiro atoms. The fraction of sp³-hybridized carbons (Fsp3) is 0.733. The van der Waals surface area contributed by atoms with Gasteiger partial charge in [0.05, 0.1) is 12.7 Å². The van der Waals surface area contributed by atoms with E-state index in [0.29, 0.717) is 25.4 Å². The molecule has 3 rings (SSSR count). The van der Waals surface area contributed by atoms with Crippen LogP contribution in [0.25, 0.3) is 0 Å². The van der Waals surface area contributed by atoms with Crippen LogP contribution in [-0.2, 0) is 11.3 Å². The highest BCUT2D eigenvalue weighted by atomic mass is 16.5. The zero-order valence-corrected chi connectivity index (χ0v) is 12.5. The number of likely N-dealkylation sites (tertiary alicyclic amines) is 1. The molecule has 1 amide bonds.